The molecule has 1 aliphatic rings. The van der Waals surface area contributed by atoms with E-state index < -0.39 is 11.4 Å². The van der Waals surface area contributed by atoms with E-state index in [0.29, 0.717) is 26.1 Å². The maximum Gasteiger partial charge on any atom is 0.311 e. The number of carboxylic acid groups (broad SMARTS) is 1. The van der Waals surface area contributed by atoms with Crippen LogP contribution >= 0.6 is 0 Å². The molecule has 0 aliphatic carbocycles. The van der Waals surface area contributed by atoms with Gasteiger partial charge in [-0.25, -0.2) is 0 Å². The van der Waals surface area contributed by atoms with E-state index in [2.05, 4.69) is 62.4 Å². The summed E-state index contributed by atoms with van der Waals surface area (Å²) in [6.45, 7) is 6.54. The van der Waals surface area contributed by atoms with Gasteiger partial charge in [0.25, 0.3) is 0 Å². The normalized spacial score (nSPS) is 14.6. The number of carboxylic acids is 1. The molecule has 0 amide bonds. The summed E-state index contributed by atoms with van der Waals surface area (Å²) in [5.74, 6) is 0.592. The van der Waals surface area contributed by atoms with Crippen molar-refractivity contribution in [1.82, 2.24) is 0 Å². The molecule has 0 saturated carbocycles. The largest absolute Gasteiger partial charge is 0.486 e. The highest BCUT2D eigenvalue weighted by molar-refractivity contribution is 5.79. The predicted molar refractivity (Wildman–Crippen MR) is 139 cm³/mol. The zero-order chi connectivity index (χ0) is 25.0. The van der Waals surface area contributed by atoms with E-state index in [0.717, 1.165) is 44.9 Å². The fraction of sp³-hybridized carbons (Fsp3) is 0.300. The molecule has 182 valence electrons. The van der Waals surface area contributed by atoms with E-state index in [4.69, 9.17) is 9.47 Å². The number of aliphatic hydroxyl groups excluding tert-OH is 1. The van der Waals surface area contributed by atoms with E-state index in [1.165, 1.54) is 5.56 Å². The van der Waals surface area contributed by atoms with Gasteiger partial charge < -0.3 is 19.7 Å². The summed E-state index contributed by atoms with van der Waals surface area (Å²) in [5.41, 5.74) is 6.69. The molecular formula is C30H32O5. The molecule has 3 aromatic rings. The second kappa shape index (κ2) is 10.4. The van der Waals surface area contributed by atoms with E-state index in [1.54, 1.807) is 6.92 Å². The lowest BCUT2D eigenvalue weighted by Gasteiger charge is -2.21. The summed E-state index contributed by atoms with van der Waals surface area (Å²) >= 11 is 0. The minimum atomic E-state index is -1.13. The number of hydrogen-bond donors (Lipinski definition) is 2. The molecule has 5 nitrogen and oxygen atoms in total. The third-order valence-corrected chi connectivity index (χ3v) is 6.85. The van der Waals surface area contributed by atoms with Gasteiger partial charge in [0.05, 0.1) is 12.0 Å². The molecule has 2 N–H and O–H groups in total. The molecule has 0 bridgehead atoms. The van der Waals surface area contributed by atoms with Crippen LogP contribution in [-0.4, -0.2) is 36.0 Å². The molecule has 4 rings (SSSR count). The van der Waals surface area contributed by atoms with Crippen molar-refractivity contribution in [3.8, 4) is 22.6 Å². The topological polar surface area (TPSA) is 76.0 Å². The number of rotatable bonds is 8. The second-order valence-electron chi connectivity index (χ2n) is 9.43. The highest BCUT2D eigenvalue weighted by atomic mass is 16.6. The van der Waals surface area contributed by atoms with Crippen LogP contribution in [0.25, 0.3) is 23.3 Å². The van der Waals surface area contributed by atoms with Crippen LogP contribution in [0, 0.1) is 19.3 Å². The fourth-order valence-electron chi connectivity index (χ4n) is 4.24. The highest BCUT2D eigenvalue weighted by Gasteiger charge is 2.31. The number of aryl methyl sites for hydroxylation is 2. The van der Waals surface area contributed by atoms with Gasteiger partial charge >= 0.3 is 5.97 Å². The lowest BCUT2D eigenvalue weighted by molar-refractivity contribution is -0.150. The van der Waals surface area contributed by atoms with Crippen LogP contribution in [0.4, 0.5) is 0 Å². The van der Waals surface area contributed by atoms with E-state index >= 15 is 0 Å². The van der Waals surface area contributed by atoms with Crippen molar-refractivity contribution < 1.29 is 24.5 Å². The number of aliphatic hydroxyl groups is 1. The standard InChI is InChI=1S/C30H32O5/c1-20-7-8-22(13-14-30(3,19-31)29(32)33)17-24(20)10-9-23-5-4-6-26(21(23)2)25-11-12-27-28(18-25)35-16-15-34-27/h4-12,17-18,31H,13-16,19H2,1-3H3,(H,32,33)/b10-9+. The summed E-state index contributed by atoms with van der Waals surface area (Å²) < 4.78 is 11.4. The summed E-state index contributed by atoms with van der Waals surface area (Å²) in [6.07, 6.45) is 5.19. The molecule has 1 unspecified atom stereocenters. The highest BCUT2D eigenvalue weighted by Crippen LogP contribution is 2.36. The van der Waals surface area contributed by atoms with Crippen LogP contribution in [0.15, 0.2) is 54.6 Å². The molecule has 0 fully saturated rings. The molecule has 35 heavy (non-hydrogen) atoms. The summed E-state index contributed by atoms with van der Waals surface area (Å²) in [7, 11) is 0. The van der Waals surface area contributed by atoms with Gasteiger partial charge in [0.2, 0.25) is 0 Å². The van der Waals surface area contributed by atoms with Crippen molar-refractivity contribution in [3.05, 3.63) is 82.4 Å². The van der Waals surface area contributed by atoms with Crippen molar-refractivity contribution >= 4 is 18.1 Å². The van der Waals surface area contributed by atoms with Crippen LogP contribution in [0.2, 0.25) is 0 Å². The minimum absolute atomic E-state index is 0.375. The number of carbonyl (C=O) groups is 1. The molecular weight excluding hydrogens is 440 g/mol. The third kappa shape index (κ3) is 5.41. The molecule has 0 spiro atoms. The molecule has 3 aromatic carbocycles. The number of ether oxygens (including phenoxy) is 2. The zero-order valence-corrected chi connectivity index (χ0v) is 20.5. The van der Waals surface area contributed by atoms with Crippen molar-refractivity contribution in [1.29, 1.82) is 0 Å². The molecule has 5 heteroatoms. The van der Waals surface area contributed by atoms with Crippen LogP contribution < -0.4 is 9.47 Å². The predicted octanol–water partition coefficient (Wildman–Crippen LogP) is 5.93. The first kappa shape index (κ1) is 24.6. The first-order valence-electron chi connectivity index (χ1n) is 11.9. The Kier molecular flexibility index (Phi) is 7.27. The lowest BCUT2D eigenvalue weighted by Crippen LogP contribution is -2.32. The zero-order valence-electron chi connectivity index (χ0n) is 20.5. The Labute approximate surface area is 206 Å². The molecule has 0 aromatic heterocycles. The summed E-state index contributed by atoms with van der Waals surface area (Å²) in [6, 6.07) is 18.5. The second-order valence-corrected chi connectivity index (χ2v) is 9.43. The Balaban J connectivity index is 1.56. The maximum atomic E-state index is 11.5. The molecule has 1 aliphatic heterocycles. The average molecular weight is 473 g/mol. The number of hydrogen-bond acceptors (Lipinski definition) is 4. The molecule has 0 saturated heterocycles. The Morgan fingerprint density at radius 3 is 2.46 bits per heavy atom. The van der Waals surface area contributed by atoms with Crippen LogP contribution in [-0.2, 0) is 11.2 Å². The number of aliphatic carboxylic acids is 1. The van der Waals surface area contributed by atoms with E-state index in [1.807, 2.05) is 18.2 Å². The van der Waals surface area contributed by atoms with Gasteiger partial charge in [0.15, 0.2) is 11.5 Å². The van der Waals surface area contributed by atoms with Gasteiger partial charge in [0.1, 0.15) is 13.2 Å². The first-order valence-corrected chi connectivity index (χ1v) is 11.9. The number of benzene rings is 3. The van der Waals surface area contributed by atoms with E-state index in [9.17, 15) is 15.0 Å². The van der Waals surface area contributed by atoms with Gasteiger partial charge in [0, 0.05) is 0 Å². The van der Waals surface area contributed by atoms with Crippen molar-refractivity contribution in [2.75, 3.05) is 19.8 Å². The lowest BCUT2D eigenvalue weighted by atomic mass is 9.84. The van der Waals surface area contributed by atoms with Gasteiger partial charge in [-0.1, -0.05) is 54.6 Å². The quantitative estimate of drug-likeness (QED) is 0.398. The Bertz CT molecular complexity index is 1260. The SMILES string of the molecule is Cc1ccc(CCC(C)(CO)C(=O)O)cc1/C=C/c1cccc(-c2ccc3c(c2)OCCO3)c1C. The van der Waals surface area contributed by atoms with Crippen LogP contribution in [0.1, 0.15) is 41.2 Å². The maximum absolute atomic E-state index is 11.5. The van der Waals surface area contributed by atoms with Gasteiger partial charge in [-0.2, -0.15) is 0 Å². The molecule has 1 heterocycles. The fourth-order valence-corrected chi connectivity index (χ4v) is 4.24. The van der Waals surface area contributed by atoms with Crippen molar-refractivity contribution in [3.63, 3.8) is 0 Å². The monoisotopic (exact) mass is 472 g/mol. The van der Waals surface area contributed by atoms with Gasteiger partial charge in [-0.15, -0.1) is 0 Å². The molecule has 0 radical (unpaired) electrons. The Morgan fingerprint density at radius 2 is 1.71 bits per heavy atom. The van der Waals surface area contributed by atoms with Gasteiger partial charge in [-0.05, 0) is 84.7 Å². The van der Waals surface area contributed by atoms with Crippen LogP contribution in [0.3, 0.4) is 0 Å². The number of fused-ring (bicyclic) bond motifs is 1. The third-order valence-electron chi connectivity index (χ3n) is 6.85. The van der Waals surface area contributed by atoms with Crippen molar-refractivity contribution in [2.45, 2.75) is 33.6 Å². The minimum Gasteiger partial charge on any atom is -0.486 e. The smallest absolute Gasteiger partial charge is 0.311 e. The Morgan fingerprint density at radius 1 is 0.971 bits per heavy atom. The summed E-state index contributed by atoms with van der Waals surface area (Å²) in [5, 5.41) is 19.0. The first-order chi connectivity index (χ1) is 16.8. The summed E-state index contributed by atoms with van der Waals surface area (Å²) in [4.78, 5) is 11.5. The molecule has 1 atom stereocenters. The Hall–Kier alpha value is -3.57. The van der Waals surface area contributed by atoms with Crippen molar-refractivity contribution in [2.24, 2.45) is 5.41 Å². The average Bonchev–Trinajstić information content (AvgIpc) is 2.87. The van der Waals surface area contributed by atoms with Crippen LogP contribution in [0.5, 0.6) is 11.5 Å². The van der Waals surface area contributed by atoms with E-state index in [-0.39, 0.29) is 6.61 Å². The van der Waals surface area contributed by atoms with Gasteiger partial charge in [-0.3, -0.25) is 4.79 Å².